The van der Waals surface area contributed by atoms with Crippen molar-refractivity contribution in [2.75, 3.05) is 21.3 Å². The number of fused-ring (bicyclic) bond motifs is 1. The maximum Gasteiger partial charge on any atom is 0.271 e. The third-order valence-corrected chi connectivity index (χ3v) is 8.42. The zero-order valence-corrected chi connectivity index (χ0v) is 23.5. The Kier molecular flexibility index (Phi) is 7.13. The first-order valence-corrected chi connectivity index (χ1v) is 14.1. The largest absolute Gasteiger partial charge is 0.497 e. The summed E-state index contributed by atoms with van der Waals surface area (Å²) in [6.07, 6.45) is 6.97. The lowest BCUT2D eigenvalue weighted by molar-refractivity contribution is 0.414. The molecule has 1 atom stereocenters. The fourth-order valence-corrected chi connectivity index (χ4v) is 6.40. The van der Waals surface area contributed by atoms with Gasteiger partial charge in [0.1, 0.15) is 17.2 Å². The van der Waals surface area contributed by atoms with Crippen LogP contribution in [0.4, 0.5) is 0 Å². The van der Waals surface area contributed by atoms with Crippen molar-refractivity contribution in [1.29, 1.82) is 0 Å². The van der Waals surface area contributed by atoms with Crippen LogP contribution in [0.2, 0.25) is 0 Å². The molecule has 1 unspecified atom stereocenters. The van der Waals surface area contributed by atoms with Gasteiger partial charge in [-0.05, 0) is 95.6 Å². The van der Waals surface area contributed by atoms with E-state index in [0.717, 1.165) is 58.9 Å². The molecular formula is C33H30N2O4S. The van der Waals surface area contributed by atoms with Crippen LogP contribution >= 0.6 is 11.3 Å². The Balaban J connectivity index is 1.53. The van der Waals surface area contributed by atoms with Crippen molar-refractivity contribution in [3.63, 3.8) is 0 Å². The van der Waals surface area contributed by atoms with E-state index in [1.165, 1.54) is 22.5 Å². The number of methoxy groups -OCH3 is 3. The first kappa shape index (κ1) is 25.9. The third kappa shape index (κ3) is 4.89. The Labute approximate surface area is 236 Å². The average molecular weight is 551 g/mol. The van der Waals surface area contributed by atoms with Crippen LogP contribution in [0.5, 0.6) is 17.2 Å². The summed E-state index contributed by atoms with van der Waals surface area (Å²) in [6.45, 7) is 0. The highest BCUT2D eigenvalue weighted by molar-refractivity contribution is 7.07. The minimum atomic E-state index is -0.227. The summed E-state index contributed by atoms with van der Waals surface area (Å²) in [5.41, 5.74) is 6.43. The van der Waals surface area contributed by atoms with Crippen molar-refractivity contribution >= 4 is 23.5 Å². The fourth-order valence-electron chi connectivity index (χ4n) is 5.40. The van der Waals surface area contributed by atoms with Crippen molar-refractivity contribution in [1.82, 2.24) is 4.57 Å². The highest BCUT2D eigenvalue weighted by atomic mass is 32.1. The average Bonchev–Trinajstić information content (AvgIpc) is 3.31. The van der Waals surface area contributed by atoms with Gasteiger partial charge in [-0.1, -0.05) is 47.7 Å². The van der Waals surface area contributed by atoms with Gasteiger partial charge in [0, 0.05) is 0 Å². The lowest BCUT2D eigenvalue weighted by atomic mass is 9.84. The maximum atomic E-state index is 13.9. The Hall–Kier alpha value is -4.36. The van der Waals surface area contributed by atoms with Crippen LogP contribution in [0.3, 0.4) is 0 Å². The van der Waals surface area contributed by atoms with Crippen molar-refractivity contribution in [2.45, 2.75) is 25.3 Å². The number of thiazole rings is 1. The molecular weight excluding hydrogens is 520 g/mol. The van der Waals surface area contributed by atoms with Crippen LogP contribution in [0, 0.1) is 0 Å². The van der Waals surface area contributed by atoms with Crippen LogP contribution in [0.25, 0.3) is 12.2 Å². The maximum absolute atomic E-state index is 13.9. The summed E-state index contributed by atoms with van der Waals surface area (Å²) in [5, 5.41) is 0. The monoisotopic (exact) mass is 550 g/mol. The minimum absolute atomic E-state index is 0.0295. The highest BCUT2D eigenvalue weighted by Gasteiger charge is 2.32. The molecule has 3 aromatic carbocycles. The van der Waals surface area contributed by atoms with Gasteiger partial charge in [0.05, 0.1) is 37.6 Å². The Morgan fingerprint density at radius 2 is 1.32 bits per heavy atom. The molecule has 1 aliphatic heterocycles. The van der Waals surface area contributed by atoms with Crippen LogP contribution in [-0.2, 0) is 0 Å². The quantitative estimate of drug-likeness (QED) is 0.318. The first-order valence-electron chi connectivity index (χ1n) is 13.3. The zero-order chi connectivity index (χ0) is 27.6. The molecule has 1 aliphatic carbocycles. The van der Waals surface area contributed by atoms with E-state index in [-0.39, 0.29) is 11.6 Å². The van der Waals surface area contributed by atoms with Crippen LogP contribution in [0.15, 0.2) is 99.4 Å². The van der Waals surface area contributed by atoms with Gasteiger partial charge in [0.25, 0.3) is 5.56 Å². The Morgan fingerprint density at radius 3 is 1.90 bits per heavy atom. The molecule has 2 heterocycles. The smallest absolute Gasteiger partial charge is 0.271 e. The Morgan fingerprint density at radius 1 is 0.775 bits per heavy atom. The molecule has 2 aliphatic rings. The van der Waals surface area contributed by atoms with Gasteiger partial charge < -0.3 is 14.2 Å². The van der Waals surface area contributed by atoms with E-state index in [1.807, 2.05) is 59.2 Å². The molecule has 6 rings (SSSR count). The van der Waals surface area contributed by atoms with Gasteiger partial charge in [-0.3, -0.25) is 9.36 Å². The van der Waals surface area contributed by atoms with Crippen molar-refractivity contribution in [3.05, 3.63) is 126 Å². The number of hydrogen-bond acceptors (Lipinski definition) is 6. The Bertz CT molecular complexity index is 1780. The van der Waals surface area contributed by atoms with Crippen LogP contribution < -0.4 is 29.1 Å². The first-order chi connectivity index (χ1) is 19.6. The summed E-state index contributed by atoms with van der Waals surface area (Å²) in [5.74, 6) is 2.39. The summed E-state index contributed by atoms with van der Waals surface area (Å²) < 4.78 is 18.6. The van der Waals surface area contributed by atoms with E-state index in [0.29, 0.717) is 9.33 Å². The minimum Gasteiger partial charge on any atom is -0.497 e. The predicted octanol–water partition coefficient (Wildman–Crippen LogP) is 5.51. The normalized spacial score (nSPS) is 17.7. The molecule has 1 aromatic heterocycles. The van der Waals surface area contributed by atoms with E-state index in [9.17, 15) is 4.79 Å². The summed E-state index contributed by atoms with van der Waals surface area (Å²) in [7, 11) is 4.98. The molecule has 4 aromatic rings. The molecule has 0 amide bonds. The topological polar surface area (TPSA) is 62.0 Å². The highest BCUT2D eigenvalue weighted by Crippen LogP contribution is 2.41. The lowest BCUT2D eigenvalue weighted by Gasteiger charge is -2.31. The van der Waals surface area contributed by atoms with Gasteiger partial charge in [-0.2, -0.15) is 0 Å². The second-order valence-corrected chi connectivity index (χ2v) is 10.8. The van der Waals surface area contributed by atoms with Gasteiger partial charge in [0.15, 0.2) is 4.80 Å². The number of hydrogen-bond donors (Lipinski definition) is 0. The van der Waals surface area contributed by atoms with Crippen molar-refractivity contribution in [3.8, 4) is 17.2 Å². The summed E-state index contributed by atoms with van der Waals surface area (Å²) in [6, 6.07) is 23.6. The lowest BCUT2D eigenvalue weighted by Crippen LogP contribution is -2.39. The molecule has 6 nitrogen and oxygen atoms in total. The van der Waals surface area contributed by atoms with Gasteiger partial charge in [-0.25, -0.2) is 4.99 Å². The molecule has 0 saturated carbocycles. The van der Waals surface area contributed by atoms with E-state index < -0.39 is 0 Å². The second-order valence-electron chi connectivity index (χ2n) is 9.80. The zero-order valence-electron chi connectivity index (χ0n) is 22.7. The number of benzene rings is 3. The van der Waals surface area contributed by atoms with E-state index >= 15 is 0 Å². The molecule has 0 N–H and O–H groups in total. The summed E-state index contributed by atoms with van der Waals surface area (Å²) >= 11 is 1.44. The molecule has 202 valence electrons. The summed E-state index contributed by atoms with van der Waals surface area (Å²) in [4.78, 5) is 19.8. The van der Waals surface area contributed by atoms with Crippen LogP contribution in [0.1, 0.15) is 42.0 Å². The SMILES string of the molecule is COc1ccc(/C=C2\CCCC3=C2N=c2s/c(=C/c4ccc(OC)cc4)c(=O)n2C3c2ccc(OC)cc2)cc1. The molecule has 0 bridgehead atoms. The molecule has 0 spiro atoms. The molecule has 7 heteroatoms. The predicted molar refractivity (Wildman–Crippen MR) is 159 cm³/mol. The standard InChI is InChI=1S/C33H30N2O4S/c1-37-25-13-7-21(8-14-25)19-24-5-4-6-28-30(24)34-33-35(31(28)23-11-17-27(39-3)18-12-23)32(36)29(40-33)20-22-9-15-26(38-2)16-10-22/h7-20,31H,4-6H2,1-3H3/b24-19+,29-20+. The number of nitrogens with zero attached hydrogens (tertiary/aromatic N) is 2. The van der Waals surface area contributed by atoms with Gasteiger partial charge >= 0.3 is 0 Å². The number of ether oxygens (including phenoxy) is 3. The number of allylic oxidation sites excluding steroid dienone is 2. The fraction of sp³-hybridized carbons (Fsp3) is 0.212. The molecule has 40 heavy (non-hydrogen) atoms. The third-order valence-electron chi connectivity index (χ3n) is 7.43. The van der Waals surface area contributed by atoms with E-state index in [2.05, 4.69) is 30.3 Å². The molecule has 0 fully saturated rings. The second kappa shape index (κ2) is 11.0. The molecule has 0 radical (unpaired) electrons. The number of rotatable bonds is 6. The van der Waals surface area contributed by atoms with E-state index in [1.54, 1.807) is 21.3 Å². The van der Waals surface area contributed by atoms with Gasteiger partial charge in [-0.15, -0.1) is 0 Å². The number of aromatic nitrogens is 1. The van der Waals surface area contributed by atoms with Crippen molar-refractivity contribution in [2.24, 2.45) is 4.99 Å². The van der Waals surface area contributed by atoms with Crippen molar-refractivity contribution < 1.29 is 14.2 Å². The van der Waals surface area contributed by atoms with Gasteiger partial charge in [0.2, 0.25) is 0 Å². The van der Waals surface area contributed by atoms with E-state index in [4.69, 9.17) is 19.2 Å². The van der Waals surface area contributed by atoms with Crippen LogP contribution in [-0.4, -0.2) is 25.9 Å². The molecule has 0 saturated heterocycles.